The summed E-state index contributed by atoms with van der Waals surface area (Å²) in [5.74, 6) is 0.0461. The number of amides is 1. The number of aromatic nitrogens is 2. The number of nitrogens with zero attached hydrogens (tertiary/aromatic N) is 2. The number of fused-ring (bicyclic) bond motifs is 1. The lowest BCUT2D eigenvalue weighted by molar-refractivity contribution is -0.116. The first-order valence-corrected chi connectivity index (χ1v) is 8.25. The maximum Gasteiger partial charge on any atom is 0.337 e. The van der Waals surface area contributed by atoms with Crippen LogP contribution >= 0.6 is 0 Å². The number of aromatic amines is 1. The first kappa shape index (κ1) is 17.7. The molecule has 0 atom stereocenters. The molecule has 0 aliphatic rings. The summed E-state index contributed by atoms with van der Waals surface area (Å²) in [6, 6.07) is 9.12. The summed E-state index contributed by atoms with van der Waals surface area (Å²) in [5.41, 5.74) is 5.79. The summed E-state index contributed by atoms with van der Waals surface area (Å²) in [5, 5.41) is 0. The number of H-pyrrole nitrogens is 1. The zero-order valence-electron chi connectivity index (χ0n) is 15.5. The number of hydrogen-bond donors (Lipinski definition) is 1. The lowest BCUT2D eigenvalue weighted by atomic mass is 10.1. The predicted octanol–water partition coefficient (Wildman–Crippen LogP) is 3.62. The maximum absolute atomic E-state index is 11.9. The molecule has 2 aromatic carbocycles. The average Bonchev–Trinajstić information content (AvgIpc) is 3.02. The number of esters is 1. The zero-order valence-corrected chi connectivity index (χ0v) is 15.5. The van der Waals surface area contributed by atoms with Gasteiger partial charge in [0.2, 0.25) is 5.91 Å². The number of methoxy groups -OCH3 is 1. The Bertz CT molecular complexity index is 982. The van der Waals surface area contributed by atoms with Crippen LogP contribution in [0.5, 0.6) is 0 Å². The standard InChI is InChI=1S/C20H21N3O3/c1-11-8-16-17(9-12(11)2)22-19(21-16)15-10-14(20(25)26-5)6-7-18(15)23(4)13(3)24/h6-10H,1-5H3,(H,21,22). The van der Waals surface area contributed by atoms with Crippen LogP contribution in [0.3, 0.4) is 0 Å². The second-order valence-corrected chi connectivity index (χ2v) is 6.34. The van der Waals surface area contributed by atoms with Crippen molar-refractivity contribution in [1.82, 2.24) is 9.97 Å². The van der Waals surface area contributed by atoms with E-state index >= 15 is 0 Å². The van der Waals surface area contributed by atoms with Gasteiger partial charge in [-0.15, -0.1) is 0 Å². The van der Waals surface area contributed by atoms with Crippen molar-refractivity contribution in [2.45, 2.75) is 20.8 Å². The summed E-state index contributed by atoms with van der Waals surface area (Å²) in [4.78, 5) is 33.3. The van der Waals surface area contributed by atoms with E-state index in [0.29, 0.717) is 22.6 Å². The number of rotatable bonds is 3. The fraction of sp³-hybridized carbons (Fsp3) is 0.250. The van der Waals surface area contributed by atoms with Crippen molar-refractivity contribution in [3.05, 3.63) is 47.0 Å². The van der Waals surface area contributed by atoms with E-state index in [0.717, 1.165) is 22.2 Å². The number of hydrogen-bond acceptors (Lipinski definition) is 4. The number of ether oxygens (including phenoxy) is 1. The molecular formula is C20H21N3O3. The van der Waals surface area contributed by atoms with Crippen molar-refractivity contribution in [2.24, 2.45) is 0 Å². The van der Waals surface area contributed by atoms with E-state index in [-0.39, 0.29) is 5.91 Å². The number of anilines is 1. The van der Waals surface area contributed by atoms with Gasteiger partial charge in [0.25, 0.3) is 0 Å². The molecule has 0 bridgehead atoms. The fourth-order valence-corrected chi connectivity index (χ4v) is 2.83. The molecule has 1 amide bonds. The Morgan fingerprint density at radius 1 is 1.12 bits per heavy atom. The van der Waals surface area contributed by atoms with Gasteiger partial charge in [-0.1, -0.05) is 0 Å². The normalized spacial score (nSPS) is 10.8. The van der Waals surface area contributed by atoms with E-state index < -0.39 is 5.97 Å². The minimum atomic E-state index is -0.439. The van der Waals surface area contributed by atoms with Crippen LogP contribution in [-0.2, 0) is 9.53 Å². The number of imidazole rings is 1. The van der Waals surface area contributed by atoms with Crippen LogP contribution in [0, 0.1) is 13.8 Å². The summed E-state index contributed by atoms with van der Waals surface area (Å²) < 4.78 is 4.82. The molecule has 3 aromatic rings. The van der Waals surface area contributed by atoms with Crippen LogP contribution < -0.4 is 4.90 Å². The van der Waals surface area contributed by atoms with Gasteiger partial charge >= 0.3 is 5.97 Å². The molecule has 26 heavy (non-hydrogen) atoms. The molecule has 6 heteroatoms. The second-order valence-electron chi connectivity index (χ2n) is 6.34. The van der Waals surface area contributed by atoms with Gasteiger partial charge in [-0.25, -0.2) is 9.78 Å². The molecule has 0 unspecified atom stereocenters. The first-order chi connectivity index (χ1) is 12.3. The van der Waals surface area contributed by atoms with E-state index in [1.54, 1.807) is 25.2 Å². The number of carbonyl (C=O) groups is 2. The minimum Gasteiger partial charge on any atom is -0.465 e. The Morgan fingerprint density at radius 2 is 1.81 bits per heavy atom. The summed E-state index contributed by atoms with van der Waals surface area (Å²) in [6.45, 7) is 5.57. The van der Waals surface area contributed by atoms with Crippen molar-refractivity contribution in [3.8, 4) is 11.4 Å². The fourth-order valence-electron chi connectivity index (χ4n) is 2.83. The lowest BCUT2D eigenvalue weighted by Crippen LogP contribution is -2.23. The van der Waals surface area contributed by atoms with E-state index in [1.165, 1.54) is 18.9 Å². The van der Waals surface area contributed by atoms with E-state index in [2.05, 4.69) is 9.97 Å². The third-order valence-electron chi connectivity index (χ3n) is 4.60. The summed E-state index contributed by atoms with van der Waals surface area (Å²) in [7, 11) is 3.03. The third-order valence-corrected chi connectivity index (χ3v) is 4.60. The first-order valence-electron chi connectivity index (χ1n) is 8.25. The minimum absolute atomic E-state index is 0.111. The highest BCUT2D eigenvalue weighted by Crippen LogP contribution is 2.32. The van der Waals surface area contributed by atoms with E-state index in [4.69, 9.17) is 4.74 Å². The van der Waals surface area contributed by atoms with E-state index in [9.17, 15) is 9.59 Å². The highest BCUT2D eigenvalue weighted by molar-refractivity contribution is 5.99. The molecule has 1 heterocycles. The topological polar surface area (TPSA) is 75.3 Å². The molecule has 0 aliphatic carbocycles. The van der Waals surface area contributed by atoms with Gasteiger partial charge < -0.3 is 14.6 Å². The lowest BCUT2D eigenvalue weighted by Gasteiger charge is -2.19. The Kier molecular flexibility index (Phi) is 4.50. The largest absolute Gasteiger partial charge is 0.465 e. The molecule has 1 N–H and O–H groups in total. The second kappa shape index (κ2) is 6.63. The van der Waals surface area contributed by atoms with Gasteiger partial charge in [0.1, 0.15) is 5.82 Å². The molecule has 0 fully saturated rings. The molecule has 0 radical (unpaired) electrons. The average molecular weight is 351 g/mol. The van der Waals surface area contributed by atoms with Crippen LogP contribution in [0.15, 0.2) is 30.3 Å². The smallest absolute Gasteiger partial charge is 0.337 e. The number of benzene rings is 2. The van der Waals surface area contributed by atoms with Crippen molar-refractivity contribution < 1.29 is 14.3 Å². The monoisotopic (exact) mass is 351 g/mol. The van der Waals surface area contributed by atoms with Crippen molar-refractivity contribution in [3.63, 3.8) is 0 Å². The molecule has 0 spiro atoms. The molecule has 0 saturated heterocycles. The van der Waals surface area contributed by atoms with Crippen LogP contribution in [0.1, 0.15) is 28.4 Å². The molecule has 3 rings (SSSR count). The highest BCUT2D eigenvalue weighted by Gasteiger charge is 2.18. The zero-order chi connectivity index (χ0) is 19.0. The number of carbonyl (C=O) groups excluding carboxylic acids is 2. The third kappa shape index (κ3) is 3.06. The van der Waals surface area contributed by atoms with Crippen LogP contribution in [-0.4, -0.2) is 36.0 Å². The highest BCUT2D eigenvalue weighted by atomic mass is 16.5. The predicted molar refractivity (Wildman–Crippen MR) is 101 cm³/mol. The number of aryl methyl sites for hydroxylation is 2. The Hall–Kier alpha value is -3.15. The molecule has 0 saturated carbocycles. The van der Waals surface area contributed by atoms with Crippen LogP contribution in [0.2, 0.25) is 0 Å². The van der Waals surface area contributed by atoms with Gasteiger partial charge in [0, 0.05) is 19.5 Å². The molecular weight excluding hydrogens is 330 g/mol. The molecule has 6 nitrogen and oxygen atoms in total. The molecule has 0 aliphatic heterocycles. The van der Waals surface area contributed by atoms with Gasteiger partial charge in [-0.3, -0.25) is 4.79 Å². The Morgan fingerprint density at radius 3 is 2.46 bits per heavy atom. The quantitative estimate of drug-likeness (QED) is 0.731. The Balaban J connectivity index is 2.23. The van der Waals surface area contributed by atoms with Gasteiger partial charge in [0.05, 0.1) is 29.4 Å². The van der Waals surface area contributed by atoms with Crippen LogP contribution in [0.4, 0.5) is 5.69 Å². The maximum atomic E-state index is 11.9. The SMILES string of the molecule is COC(=O)c1ccc(N(C)C(C)=O)c(-c2nc3cc(C)c(C)cc3[nH]2)c1. The van der Waals surface area contributed by atoms with Crippen molar-refractivity contribution in [1.29, 1.82) is 0 Å². The van der Waals surface area contributed by atoms with Crippen molar-refractivity contribution in [2.75, 3.05) is 19.1 Å². The molecule has 1 aromatic heterocycles. The van der Waals surface area contributed by atoms with Crippen molar-refractivity contribution >= 4 is 28.6 Å². The van der Waals surface area contributed by atoms with Gasteiger partial charge in [-0.05, 0) is 55.3 Å². The van der Waals surface area contributed by atoms with Crippen LogP contribution in [0.25, 0.3) is 22.4 Å². The van der Waals surface area contributed by atoms with Gasteiger partial charge in [-0.2, -0.15) is 0 Å². The van der Waals surface area contributed by atoms with Gasteiger partial charge in [0.15, 0.2) is 0 Å². The summed E-state index contributed by atoms with van der Waals surface area (Å²) in [6.07, 6.45) is 0. The summed E-state index contributed by atoms with van der Waals surface area (Å²) >= 11 is 0. The molecule has 134 valence electrons. The Labute approximate surface area is 151 Å². The van der Waals surface area contributed by atoms with E-state index in [1.807, 2.05) is 26.0 Å². The number of nitrogens with one attached hydrogen (secondary N) is 1.